The highest BCUT2D eigenvalue weighted by Gasteiger charge is 2.18. The van der Waals surface area contributed by atoms with Gasteiger partial charge in [-0.2, -0.15) is 0 Å². The smallest absolute Gasteiger partial charge is 0.253 e. The van der Waals surface area contributed by atoms with Crippen LogP contribution in [0, 0.1) is 5.92 Å². The summed E-state index contributed by atoms with van der Waals surface area (Å²) < 4.78 is 5.08. The number of anilines is 1. The molecule has 0 unspecified atom stereocenters. The number of likely N-dealkylation sites (tertiary alicyclic amines) is 1. The Labute approximate surface area is 120 Å². The van der Waals surface area contributed by atoms with Crippen molar-refractivity contribution in [1.29, 1.82) is 0 Å². The van der Waals surface area contributed by atoms with E-state index < -0.39 is 0 Å². The zero-order valence-electron chi connectivity index (χ0n) is 12.2. The Morgan fingerprint density at radius 3 is 2.75 bits per heavy atom. The molecule has 1 heterocycles. The van der Waals surface area contributed by atoms with Gasteiger partial charge in [0.1, 0.15) is 5.75 Å². The van der Waals surface area contributed by atoms with Crippen LogP contribution in [-0.2, 0) is 0 Å². The molecular formula is C15H23N3O2. The molecule has 1 aliphatic rings. The maximum Gasteiger partial charge on any atom is 0.253 e. The first-order valence-electron chi connectivity index (χ1n) is 7.00. The Morgan fingerprint density at radius 2 is 2.15 bits per heavy atom. The van der Waals surface area contributed by atoms with Crippen LogP contribution in [0.5, 0.6) is 5.75 Å². The van der Waals surface area contributed by atoms with Crippen LogP contribution in [0.15, 0.2) is 18.2 Å². The van der Waals surface area contributed by atoms with Gasteiger partial charge in [-0.3, -0.25) is 4.79 Å². The van der Waals surface area contributed by atoms with Crippen LogP contribution in [-0.4, -0.2) is 44.6 Å². The number of nitrogens with one attached hydrogen (secondary N) is 1. The van der Waals surface area contributed by atoms with E-state index in [2.05, 4.69) is 17.3 Å². The van der Waals surface area contributed by atoms with E-state index in [-0.39, 0.29) is 5.91 Å². The summed E-state index contributed by atoms with van der Waals surface area (Å²) in [4.78, 5) is 14.4. The summed E-state index contributed by atoms with van der Waals surface area (Å²) in [6, 6.07) is 5.13. The van der Waals surface area contributed by atoms with Gasteiger partial charge in [0.2, 0.25) is 0 Å². The Kier molecular flexibility index (Phi) is 4.84. The molecule has 0 aliphatic carbocycles. The Balaban J connectivity index is 1.88. The van der Waals surface area contributed by atoms with Gasteiger partial charge in [0.25, 0.3) is 5.91 Å². The van der Waals surface area contributed by atoms with E-state index in [1.807, 2.05) is 0 Å². The minimum Gasteiger partial charge on any atom is -0.497 e. The number of hydrogen-bond acceptors (Lipinski definition) is 4. The van der Waals surface area contributed by atoms with E-state index in [1.54, 1.807) is 25.3 Å². The molecule has 5 nitrogen and oxygen atoms in total. The van der Waals surface area contributed by atoms with Gasteiger partial charge in [-0.15, -0.1) is 0 Å². The molecule has 0 bridgehead atoms. The highest BCUT2D eigenvalue weighted by molar-refractivity contribution is 5.99. The van der Waals surface area contributed by atoms with Crippen molar-refractivity contribution in [3.05, 3.63) is 23.8 Å². The van der Waals surface area contributed by atoms with Gasteiger partial charge in [-0.1, -0.05) is 0 Å². The third kappa shape index (κ3) is 3.63. The summed E-state index contributed by atoms with van der Waals surface area (Å²) >= 11 is 0. The number of hydrogen-bond donors (Lipinski definition) is 2. The molecule has 1 aliphatic heterocycles. The van der Waals surface area contributed by atoms with Crippen molar-refractivity contribution in [2.45, 2.75) is 12.8 Å². The van der Waals surface area contributed by atoms with Gasteiger partial charge in [0.05, 0.1) is 12.7 Å². The third-order valence-electron chi connectivity index (χ3n) is 3.89. The summed E-state index contributed by atoms with van der Waals surface area (Å²) in [7, 11) is 3.71. The van der Waals surface area contributed by atoms with E-state index in [9.17, 15) is 4.79 Å². The lowest BCUT2D eigenvalue weighted by Crippen LogP contribution is -2.37. The fraction of sp³-hybridized carbons (Fsp3) is 0.533. The molecule has 3 N–H and O–H groups in total. The molecule has 1 amide bonds. The normalized spacial score (nSPS) is 16.9. The molecule has 1 saturated heterocycles. The van der Waals surface area contributed by atoms with Crippen LogP contribution in [0.25, 0.3) is 0 Å². The van der Waals surface area contributed by atoms with Crippen molar-refractivity contribution < 1.29 is 9.53 Å². The van der Waals surface area contributed by atoms with Crippen LogP contribution < -0.4 is 15.8 Å². The Morgan fingerprint density at radius 1 is 1.45 bits per heavy atom. The number of nitrogens with zero attached hydrogens (tertiary/aromatic N) is 1. The van der Waals surface area contributed by atoms with Crippen LogP contribution in [0.4, 0.5) is 5.69 Å². The molecule has 0 aromatic heterocycles. The molecule has 20 heavy (non-hydrogen) atoms. The molecule has 0 spiro atoms. The molecule has 0 atom stereocenters. The average molecular weight is 277 g/mol. The predicted molar refractivity (Wildman–Crippen MR) is 80.0 cm³/mol. The molecule has 110 valence electrons. The molecule has 2 rings (SSSR count). The lowest BCUT2D eigenvalue weighted by Gasteiger charge is -2.28. The maximum atomic E-state index is 12.1. The number of methoxy groups -OCH3 is 1. The van der Waals surface area contributed by atoms with Crippen molar-refractivity contribution >= 4 is 11.6 Å². The summed E-state index contributed by atoms with van der Waals surface area (Å²) in [6.45, 7) is 2.93. The van der Waals surface area contributed by atoms with Crippen LogP contribution in [0.2, 0.25) is 0 Å². The summed E-state index contributed by atoms with van der Waals surface area (Å²) in [5.74, 6) is 1.12. The third-order valence-corrected chi connectivity index (χ3v) is 3.89. The zero-order valence-corrected chi connectivity index (χ0v) is 12.2. The molecule has 0 radical (unpaired) electrons. The van der Waals surface area contributed by atoms with Gasteiger partial charge in [0.15, 0.2) is 0 Å². The fourth-order valence-corrected chi connectivity index (χ4v) is 2.47. The van der Waals surface area contributed by atoms with Crippen LogP contribution in [0.3, 0.4) is 0 Å². The summed E-state index contributed by atoms with van der Waals surface area (Å²) in [5, 5.41) is 2.98. The Bertz CT molecular complexity index is 468. The van der Waals surface area contributed by atoms with Crippen LogP contribution >= 0.6 is 0 Å². The van der Waals surface area contributed by atoms with Crippen molar-refractivity contribution in [1.82, 2.24) is 10.2 Å². The SMILES string of the molecule is COc1ccc(C(=O)NCC2CCN(C)CC2)c(N)c1. The van der Waals surface area contributed by atoms with Crippen molar-refractivity contribution in [2.24, 2.45) is 5.92 Å². The minimum atomic E-state index is -0.107. The topological polar surface area (TPSA) is 67.6 Å². The molecule has 1 fully saturated rings. The van der Waals surface area contributed by atoms with E-state index in [4.69, 9.17) is 10.5 Å². The number of nitrogens with two attached hydrogens (primary N) is 1. The van der Waals surface area contributed by atoms with Gasteiger partial charge in [0, 0.05) is 18.3 Å². The number of piperidine rings is 1. The number of amides is 1. The maximum absolute atomic E-state index is 12.1. The number of nitrogen functional groups attached to an aromatic ring is 1. The Hall–Kier alpha value is -1.75. The summed E-state index contributed by atoms with van der Waals surface area (Å²) in [6.07, 6.45) is 2.27. The van der Waals surface area contributed by atoms with Crippen molar-refractivity contribution in [3.8, 4) is 5.75 Å². The second-order valence-corrected chi connectivity index (χ2v) is 5.41. The number of rotatable bonds is 4. The van der Waals surface area contributed by atoms with E-state index in [0.717, 1.165) is 32.5 Å². The number of carbonyl (C=O) groups excluding carboxylic acids is 1. The van der Waals surface area contributed by atoms with Gasteiger partial charge >= 0.3 is 0 Å². The highest BCUT2D eigenvalue weighted by Crippen LogP contribution is 2.20. The van der Waals surface area contributed by atoms with E-state index >= 15 is 0 Å². The second kappa shape index (κ2) is 6.61. The first kappa shape index (κ1) is 14.7. The minimum absolute atomic E-state index is 0.107. The van der Waals surface area contributed by atoms with Gasteiger partial charge in [-0.25, -0.2) is 0 Å². The zero-order chi connectivity index (χ0) is 14.5. The first-order valence-corrected chi connectivity index (χ1v) is 7.00. The number of carbonyl (C=O) groups is 1. The molecule has 5 heteroatoms. The second-order valence-electron chi connectivity index (χ2n) is 5.41. The fourth-order valence-electron chi connectivity index (χ4n) is 2.47. The predicted octanol–water partition coefficient (Wildman–Crippen LogP) is 1.35. The lowest BCUT2D eigenvalue weighted by molar-refractivity contribution is 0.0940. The van der Waals surface area contributed by atoms with Gasteiger partial charge in [-0.05, 0) is 51.0 Å². The number of ether oxygens (including phenoxy) is 1. The molecular weight excluding hydrogens is 254 g/mol. The van der Waals surface area contributed by atoms with Gasteiger partial charge < -0.3 is 20.7 Å². The van der Waals surface area contributed by atoms with Crippen molar-refractivity contribution in [3.63, 3.8) is 0 Å². The largest absolute Gasteiger partial charge is 0.497 e. The molecule has 0 saturated carbocycles. The number of benzene rings is 1. The van der Waals surface area contributed by atoms with E-state index in [1.165, 1.54) is 0 Å². The standard InChI is InChI=1S/C15H23N3O2/c1-18-7-5-11(6-8-18)10-17-15(19)13-4-3-12(20-2)9-14(13)16/h3-4,9,11H,5-8,10,16H2,1-2H3,(H,17,19). The molecule has 1 aromatic rings. The van der Waals surface area contributed by atoms with E-state index in [0.29, 0.717) is 22.9 Å². The monoisotopic (exact) mass is 277 g/mol. The quantitative estimate of drug-likeness (QED) is 0.815. The first-order chi connectivity index (χ1) is 9.60. The summed E-state index contributed by atoms with van der Waals surface area (Å²) in [5.41, 5.74) is 6.84. The lowest BCUT2D eigenvalue weighted by atomic mass is 9.97. The average Bonchev–Trinajstić information content (AvgIpc) is 2.46. The van der Waals surface area contributed by atoms with Crippen LogP contribution in [0.1, 0.15) is 23.2 Å². The molecule has 1 aromatic carbocycles. The van der Waals surface area contributed by atoms with Crippen molar-refractivity contribution in [2.75, 3.05) is 39.5 Å². The highest BCUT2D eigenvalue weighted by atomic mass is 16.5.